The molecule has 10 heteroatoms. The zero-order valence-corrected chi connectivity index (χ0v) is 16.1. The van der Waals surface area contributed by atoms with E-state index >= 15 is 0 Å². The van der Waals surface area contributed by atoms with Crippen LogP contribution in [-0.2, 0) is 4.79 Å². The van der Waals surface area contributed by atoms with Crippen molar-refractivity contribution in [3.05, 3.63) is 50.1 Å². The molecule has 1 aliphatic heterocycles. The van der Waals surface area contributed by atoms with Crippen LogP contribution in [0.3, 0.4) is 0 Å². The molecule has 10 nitrogen and oxygen atoms in total. The largest absolute Gasteiger partial charge is 0.389 e. The highest BCUT2D eigenvalue weighted by Crippen LogP contribution is 2.21. The van der Waals surface area contributed by atoms with Gasteiger partial charge in [0.1, 0.15) is 0 Å². The SMILES string of the molecule is Cc1cc(C)nc(NCCC(=O)N2C[C@@H](O)[C@H](n3cc(C)c(=O)[nH]c3=O)C2)n1. The zero-order valence-electron chi connectivity index (χ0n) is 16.1. The fourth-order valence-electron chi connectivity index (χ4n) is 3.32. The van der Waals surface area contributed by atoms with E-state index in [0.29, 0.717) is 18.1 Å². The van der Waals surface area contributed by atoms with Crippen LogP contribution in [0, 0.1) is 20.8 Å². The highest BCUT2D eigenvalue weighted by molar-refractivity contribution is 5.77. The van der Waals surface area contributed by atoms with Gasteiger partial charge in [-0.05, 0) is 26.8 Å². The number of nitrogens with one attached hydrogen (secondary N) is 2. The molecular weight excluding hydrogens is 364 g/mol. The summed E-state index contributed by atoms with van der Waals surface area (Å²) in [6, 6.07) is 1.27. The molecule has 150 valence electrons. The number of hydrogen-bond acceptors (Lipinski definition) is 7. The minimum absolute atomic E-state index is 0.133. The number of hydrogen-bond donors (Lipinski definition) is 3. The second kappa shape index (κ2) is 7.93. The van der Waals surface area contributed by atoms with Gasteiger partial charge in [0.15, 0.2) is 0 Å². The third kappa shape index (κ3) is 4.28. The van der Waals surface area contributed by atoms with Gasteiger partial charge >= 0.3 is 5.69 Å². The van der Waals surface area contributed by atoms with Crippen LogP contribution in [0.4, 0.5) is 5.95 Å². The topological polar surface area (TPSA) is 133 Å². The molecular formula is C18H24N6O4. The minimum Gasteiger partial charge on any atom is -0.389 e. The molecule has 0 aliphatic carbocycles. The van der Waals surface area contributed by atoms with Gasteiger partial charge in [-0.1, -0.05) is 0 Å². The predicted molar refractivity (Wildman–Crippen MR) is 102 cm³/mol. The molecule has 1 amide bonds. The lowest BCUT2D eigenvalue weighted by Crippen LogP contribution is -2.37. The first-order chi connectivity index (χ1) is 13.2. The van der Waals surface area contributed by atoms with E-state index in [0.717, 1.165) is 11.4 Å². The zero-order chi connectivity index (χ0) is 20.4. The lowest BCUT2D eigenvalue weighted by Gasteiger charge is -2.18. The van der Waals surface area contributed by atoms with Crippen molar-refractivity contribution >= 4 is 11.9 Å². The summed E-state index contributed by atoms with van der Waals surface area (Å²) in [4.78, 5) is 48.3. The average Bonchev–Trinajstić information content (AvgIpc) is 2.99. The molecule has 0 saturated carbocycles. The fourth-order valence-corrected chi connectivity index (χ4v) is 3.32. The van der Waals surface area contributed by atoms with Crippen molar-refractivity contribution in [2.24, 2.45) is 0 Å². The van der Waals surface area contributed by atoms with Gasteiger partial charge in [-0.15, -0.1) is 0 Å². The molecule has 3 heterocycles. The summed E-state index contributed by atoms with van der Waals surface area (Å²) in [6.07, 6.45) is 0.736. The Labute approximate surface area is 161 Å². The number of carbonyl (C=O) groups excluding carboxylic acids is 1. The van der Waals surface area contributed by atoms with Crippen molar-refractivity contribution in [1.82, 2.24) is 24.4 Å². The number of H-pyrrole nitrogens is 1. The molecule has 2 atom stereocenters. The number of aliphatic hydroxyl groups is 1. The van der Waals surface area contributed by atoms with Crippen molar-refractivity contribution in [2.75, 3.05) is 25.0 Å². The maximum Gasteiger partial charge on any atom is 0.328 e. The molecule has 0 aromatic carbocycles. The van der Waals surface area contributed by atoms with E-state index in [1.807, 2.05) is 19.9 Å². The molecule has 3 N–H and O–H groups in total. The van der Waals surface area contributed by atoms with Crippen LogP contribution >= 0.6 is 0 Å². The molecule has 3 rings (SSSR count). The summed E-state index contributed by atoms with van der Waals surface area (Å²) in [5.41, 5.74) is 1.00. The molecule has 2 aromatic rings. The highest BCUT2D eigenvalue weighted by atomic mass is 16.3. The van der Waals surface area contributed by atoms with E-state index in [1.54, 1.807) is 6.92 Å². The molecule has 0 unspecified atom stereocenters. The van der Waals surface area contributed by atoms with Crippen LogP contribution in [0.5, 0.6) is 0 Å². The van der Waals surface area contributed by atoms with Gasteiger partial charge in [-0.2, -0.15) is 0 Å². The Hall–Kier alpha value is -3.01. The van der Waals surface area contributed by atoms with E-state index in [4.69, 9.17) is 0 Å². The normalized spacial score (nSPS) is 19.1. The van der Waals surface area contributed by atoms with Crippen LogP contribution in [-0.4, -0.2) is 61.2 Å². The average molecular weight is 388 g/mol. The minimum atomic E-state index is -0.886. The van der Waals surface area contributed by atoms with Crippen molar-refractivity contribution < 1.29 is 9.90 Å². The first-order valence-corrected chi connectivity index (χ1v) is 9.08. The Kier molecular flexibility index (Phi) is 5.59. The highest BCUT2D eigenvalue weighted by Gasteiger charge is 2.35. The van der Waals surface area contributed by atoms with Crippen LogP contribution in [0.1, 0.15) is 29.4 Å². The Morgan fingerprint density at radius 3 is 2.61 bits per heavy atom. The molecule has 0 radical (unpaired) electrons. The van der Waals surface area contributed by atoms with Gasteiger partial charge in [-0.3, -0.25) is 19.1 Å². The maximum atomic E-state index is 12.5. The fraction of sp³-hybridized carbons (Fsp3) is 0.500. The number of anilines is 1. The number of aromatic nitrogens is 4. The standard InChI is InChI=1S/C18H24N6O4/c1-10-7-24(18(28)22-16(10)27)13-8-23(9-14(13)25)15(26)4-5-19-17-20-11(2)6-12(3)21-17/h6-7,13-14,25H,4-5,8-9H2,1-3H3,(H,19,20,21)(H,22,27,28)/t13-,14-/m1/s1. The van der Waals surface area contributed by atoms with Crippen LogP contribution in [0.25, 0.3) is 0 Å². The van der Waals surface area contributed by atoms with E-state index in [9.17, 15) is 19.5 Å². The number of β-amino-alcohol motifs (C(OH)–C–C–N with tert-alkyl or cyclic N) is 1. The monoisotopic (exact) mass is 388 g/mol. The van der Waals surface area contributed by atoms with E-state index < -0.39 is 23.4 Å². The first-order valence-electron chi connectivity index (χ1n) is 9.08. The number of aryl methyl sites for hydroxylation is 3. The summed E-state index contributed by atoms with van der Waals surface area (Å²) in [5, 5.41) is 13.4. The lowest BCUT2D eigenvalue weighted by atomic mass is 10.2. The van der Waals surface area contributed by atoms with Crippen LogP contribution in [0.2, 0.25) is 0 Å². The summed E-state index contributed by atoms with van der Waals surface area (Å²) in [6.45, 7) is 6.02. The Morgan fingerprint density at radius 1 is 1.25 bits per heavy atom. The quantitative estimate of drug-likeness (QED) is 0.629. The Bertz CT molecular complexity index is 978. The molecule has 0 spiro atoms. The number of nitrogens with zero attached hydrogens (tertiary/aromatic N) is 4. The van der Waals surface area contributed by atoms with Gasteiger partial charge in [-0.25, -0.2) is 14.8 Å². The molecule has 2 aromatic heterocycles. The third-order valence-electron chi connectivity index (χ3n) is 4.72. The number of aromatic amines is 1. The van der Waals surface area contributed by atoms with E-state index in [1.165, 1.54) is 15.7 Å². The van der Waals surface area contributed by atoms with E-state index in [-0.39, 0.29) is 25.4 Å². The van der Waals surface area contributed by atoms with Crippen molar-refractivity contribution in [3.63, 3.8) is 0 Å². The van der Waals surface area contributed by atoms with Crippen LogP contribution in [0.15, 0.2) is 21.9 Å². The second-order valence-electron chi connectivity index (χ2n) is 7.06. The Morgan fingerprint density at radius 2 is 1.93 bits per heavy atom. The number of rotatable bonds is 5. The predicted octanol–water partition coefficient (Wildman–Crippen LogP) is -0.502. The van der Waals surface area contributed by atoms with Crippen LogP contribution < -0.4 is 16.6 Å². The number of aliphatic hydroxyl groups excluding tert-OH is 1. The molecule has 0 bridgehead atoms. The third-order valence-corrected chi connectivity index (χ3v) is 4.72. The summed E-state index contributed by atoms with van der Waals surface area (Å²) in [7, 11) is 0. The lowest BCUT2D eigenvalue weighted by molar-refractivity contribution is -0.130. The van der Waals surface area contributed by atoms with Gasteiger partial charge in [0.25, 0.3) is 5.56 Å². The summed E-state index contributed by atoms with van der Waals surface area (Å²) in [5.74, 6) is 0.326. The molecule has 1 aliphatic rings. The summed E-state index contributed by atoms with van der Waals surface area (Å²) < 4.78 is 1.29. The van der Waals surface area contributed by atoms with Crippen molar-refractivity contribution in [3.8, 4) is 0 Å². The van der Waals surface area contributed by atoms with Crippen molar-refractivity contribution in [2.45, 2.75) is 39.3 Å². The first kappa shape index (κ1) is 19.7. The number of likely N-dealkylation sites (tertiary alicyclic amines) is 1. The second-order valence-corrected chi connectivity index (χ2v) is 7.06. The summed E-state index contributed by atoms with van der Waals surface area (Å²) >= 11 is 0. The molecule has 1 saturated heterocycles. The van der Waals surface area contributed by atoms with Gasteiger partial charge in [0.2, 0.25) is 11.9 Å². The number of amides is 1. The van der Waals surface area contributed by atoms with Crippen molar-refractivity contribution in [1.29, 1.82) is 0 Å². The van der Waals surface area contributed by atoms with Gasteiger partial charge in [0.05, 0.1) is 12.1 Å². The molecule has 1 fully saturated rings. The van der Waals surface area contributed by atoms with Gasteiger partial charge < -0.3 is 15.3 Å². The van der Waals surface area contributed by atoms with Gasteiger partial charge in [0, 0.05) is 49.2 Å². The molecule has 28 heavy (non-hydrogen) atoms. The smallest absolute Gasteiger partial charge is 0.328 e. The maximum absolute atomic E-state index is 12.5. The van der Waals surface area contributed by atoms with E-state index in [2.05, 4.69) is 20.3 Å². The number of carbonyl (C=O) groups is 1. The Balaban J connectivity index is 1.61.